The van der Waals surface area contributed by atoms with Crippen molar-refractivity contribution in [3.63, 3.8) is 0 Å². The van der Waals surface area contributed by atoms with Gasteiger partial charge in [-0.2, -0.15) is 0 Å². The number of amides is 1. The van der Waals surface area contributed by atoms with Crippen LogP contribution in [-0.2, 0) is 9.59 Å². The Kier molecular flexibility index (Phi) is 5.35. The van der Waals surface area contributed by atoms with Crippen molar-refractivity contribution in [2.75, 3.05) is 31.1 Å². The first kappa shape index (κ1) is 16.3. The number of aliphatic carboxylic acids is 1. The SMILES string of the molecule is C[C@H](CC(=O)O)CC(=O)N1CCN(c2ccc(F)cc2)CC1. The fourth-order valence-corrected chi connectivity index (χ4v) is 2.66. The van der Waals surface area contributed by atoms with Gasteiger partial charge in [-0.05, 0) is 30.2 Å². The molecule has 0 spiro atoms. The highest BCUT2D eigenvalue weighted by Gasteiger charge is 2.23. The van der Waals surface area contributed by atoms with Crippen LogP contribution in [0.3, 0.4) is 0 Å². The molecule has 6 heteroatoms. The molecular formula is C16H21FN2O3. The van der Waals surface area contributed by atoms with Crippen molar-refractivity contribution in [3.05, 3.63) is 30.1 Å². The lowest BCUT2D eigenvalue weighted by molar-refractivity contribution is -0.138. The van der Waals surface area contributed by atoms with Gasteiger partial charge in [-0.3, -0.25) is 9.59 Å². The van der Waals surface area contributed by atoms with E-state index in [4.69, 9.17) is 5.11 Å². The Morgan fingerprint density at radius 1 is 1.14 bits per heavy atom. The number of nitrogens with zero attached hydrogens (tertiary/aromatic N) is 2. The van der Waals surface area contributed by atoms with Crippen LogP contribution >= 0.6 is 0 Å². The van der Waals surface area contributed by atoms with Gasteiger partial charge in [-0.15, -0.1) is 0 Å². The quantitative estimate of drug-likeness (QED) is 0.903. The minimum Gasteiger partial charge on any atom is -0.481 e. The van der Waals surface area contributed by atoms with Crippen molar-refractivity contribution < 1.29 is 19.1 Å². The summed E-state index contributed by atoms with van der Waals surface area (Å²) in [5.41, 5.74) is 0.952. The molecule has 1 N–H and O–H groups in total. The van der Waals surface area contributed by atoms with Crippen molar-refractivity contribution in [2.24, 2.45) is 5.92 Å². The van der Waals surface area contributed by atoms with Gasteiger partial charge in [0.25, 0.3) is 0 Å². The van der Waals surface area contributed by atoms with Crippen molar-refractivity contribution in [3.8, 4) is 0 Å². The van der Waals surface area contributed by atoms with Crippen LogP contribution in [0.5, 0.6) is 0 Å². The minimum absolute atomic E-state index is 0.00695. The molecule has 1 fully saturated rings. The van der Waals surface area contributed by atoms with Gasteiger partial charge in [0, 0.05) is 44.7 Å². The van der Waals surface area contributed by atoms with E-state index in [0.717, 1.165) is 5.69 Å². The number of carbonyl (C=O) groups excluding carboxylic acids is 1. The molecule has 1 atom stereocenters. The topological polar surface area (TPSA) is 60.9 Å². The standard InChI is InChI=1S/C16H21FN2O3/c1-12(11-16(21)22)10-15(20)19-8-6-18(7-9-19)14-4-2-13(17)3-5-14/h2-5,12H,6-11H2,1H3,(H,21,22)/t12-/m0/s1. The second-order valence-corrected chi connectivity index (χ2v) is 5.75. The van der Waals surface area contributed by atoms with Crippen molar-refractivity contribution >= 4 is 17.6 Å². The number of hydrogen-bond acceptors (Lipinski definition) is 3. The third kappa shape index (κ3) is 4.44. The van der Waals surface area contributed by atoms with Gasteiger partial charge in [0.1, 0.15) is 5.82 Å². The Balaban J connectivity index is 1.82. The summed E-state index contributed by atoms with van der Waals surface area (Å²) < 4.78 is 12.9. The number of halogens is 1. The summed E-state index contributed by atoms with van der Waals surface area (Å²) >= 11 is 0. The number of carboxylic acids is 1. The van der Waals surface area contributed by atoms with Crippen LogP contribution in [-0.4, -0.2) is 48.1 Å². The van der Waals surface area contributed by atoms with Crippen LogP contribution in [0.4, 0.5) is 10.1 Å². The number of carboxylic acid groups (broad SMARTS) is 1. The highest BCUT2D eigenvalue weighted by molar-refractivity contribution is 5.77. The Bertz CT molecular complexity index is 525. The largest absolute Gasteiger partial charge is 0.481 e. The Morgan fingerprint density at radius 3 is 2.27 bits per heavy atom. The van der Waals surface area contributed by atoms with Crippen LogP contribution in [0.2, 0.25) is 0 Å². The number of benzene rings is 1. The fraction of sp³-hybridized carbons (Fsp3) is 0.500. The molecule has 1 saturated heterocycles. The molecule has 0 aromatic heterocycles. The van der Waals surface area contributed by atoms with Gasteiger partial charge in [-0.25, -0.2) is 4.39 Å². The van der Waals surface area contributed by atoms with Gasteiger partial charge in [-0.1, -0.05) is 6.92 Å². The van der Waals surface area contributed by atoms with Crippen molar-refractivity contribution in [2.45, 2.75) is 19.8 Å². The molecule has 2 rings (SSSR count). The summed E-state index contributed by atoms with van der Waals surface area (Å²) in [6, 6.07) is 6.34. The minimum atomic E-state index is -0.874. The first-order valence-electron chi connectivity index (χ1n) is 7.46. The maximum atomic E-state index is 12.9. The van der Waals surface area contributed by atoms with E-state index in [1.165, 1.54) is 12.1 Å². The Labute approximate surface area is 129 Å². The van der Waals surface area contributed by atoms with E-state index in [0.29, 0.717) is 26.2 Å². The smallest absolute Gasteiger partial charge is 0.303 e. The first-order chi connectivity index (χ1) is 10.5. The van der Waals surface area contributed by atoms with Crippen LogP contribution < -0.4 is 4.90 Å². The first-order valence-corrected chi connectivity index (χ1v) is 7.46. The third-order valence-corrected chi connectivity index (χ3v) is 3.87. The second-order valence-electron chi connectivity index (χ2n) is 5.75. The summed E-state index contributed by atoms with van der Waals surface area (Å²) in [6.45, 7) is 4.39. The van der Waals surface area contributed by atoms with Crippen molar-refractivity contribution in [1.29, 1.82) is 0 Å². The lowest BCUT2D eigenvalue weighted by Gasteiger charge is -2.36. The Morgan fingerprint density at radius 2 is 1.73 bits per heavy atom. The molecule has 1 aromatic rings. The zero-order chi connectivity index (χ0) is 16.1. The van der Waals surface area contributed by atoms with Gasteiger partial charge in [0.15, 0.2) is 0 Å². The summed E-state index contributed by atoms with van der Waals surface area (Å²) in [5.74, 6) is -1.28. The molecular weight excluding hydrogens is 287 g/mol. The zero-order valence-electron chi connectivity index (χ0n) is 12.7. The zero-order valence-corrected chi connectivity index (χ0v) is 12.7. The van der Waals surface area contributed by atoms with E-state index in [1.54, 1.807) is 24.0 Å². The lowest BCUT2D eigenvalue weighted by atomic mass is 10.0. The molecule has 1 heterocycles. The third-order valence-electron chi connectivity index (χ3n) is 3.87. The maximum absolute atomic E-state index is 12.9. The van der Waals surface area contributed by atoms with Gasteiger partial charge in [0.2, 0.25) is 5.91 Å². The summed E-state index contributed by atoms with van der Waals surface area (Å²) in [7, 11) is 0. The normalized spacial score (nSPS) is 16.5. The van der Waals surface area contributed by atoms with Crippen molar-refractivity contribution in [1.82, 2.24) is 4.90 Å². The number of hydrogen-bond donors (Lipinski definition) is 1. The van der Waals surface area contributed by atoms with E-state index in [2.05, 4.69) is 4.90 Å². The highest BCUT2D eigenvalue weighted by Crippen LogP contribution is 2.18. The van der Waals surface area contributed by atoms with Gasteiger partial charge >= 0.3 is 5.97 Å². The van der Waals surface area contributed by atoms with Crippen LogP contribution in [0.15, 0.2) is 24.3 Å². The Hall–Kier alpha value is -2.11. The number of rotatable bonds is 5. The van der Waals surface area contributed by atoms with E-state index < -0.39 is 5.97 Å². The number of carbonyl (C=O) groups is 2. The molecule has 5 nitrogen and oxygen atoms in total. The maximum Gasteiger partial charge on any atom is 0.303 e. The molecule has 0 unspecified atom stereocenters. The van der Waals surface area contributed by atoms with Gasteiger partial charge in [0.05, 0.1) is 0 Å². The molecule has 0 bridgehead atoms. The summed E-state index contributed by atoms with van der Waals surface area (Å²) in [4.78, 5) is 26.7. The molecule has 0 radical (unpaired) electrons. The van der Waals surface area contributed by atoms with E-state index >= 15 is 0 Å². The predicted octanol–water partition coefficient (Wildman–Crippen LogP) is 1.98. The molecule has 0 saturated carbocycles. The molecule has 22 heavy (non-hydrogen) atoms. The van der Waals surface area contributed by atoms with Gasteiger partial charge < -0.3 is 14.9 Å². The average Bonchev–Trinajstić information content (AvgIpc) is 2.47. The molecule has 1 aliphatic rings. The molecule has 1 amide bonds. The van der Waals surface area contributed by atoms with E-state index in [-0.39, 0.29) is 30.5 Å². The molecule has 1 aromatic carbocycles. The fourth-order valence-electron chi connectivity index (χ4n) is 2.66. The molecule has 120 valence electrons. The number of anilines is 1. The van der Waals surface area contributed by atoms with Crippen LogP contribution in [0.1, 0.15) is 19.8 Å². The predicted molar refractivity (Wildman–Crippen MR) is 81.2 cm³/mol. The molecule has 1 aliphatic heterocycles. The summed E-state index contributed by atoms with van der Waals surface area (Å²) in [5, 5.41) is 8.73. The monoisotopic (exact) mass is 308 g/mol. The van der Waals surface area contributed by atoms with E-state index in [9.17, 15) is 14.0 Å². The molecule has 0 aliphatic carbocycles. The average molecular weight is 308 g/mol. The highest BCUT2D eigenvalue weighted by atomic mass is 19.1. The van der Waals surface area contributed by atoms with Crippen LogP contribution in [0.25, 0.3) is 0 Å². The number of piperazine rings is 1. The van der Waals surface area contributed by atoms with Crippen LogP contribution in [0, 0.1) is 11.7 Å². The lowest BCUT2D eigenvalue weighted by Crippen LogP contribution is -2.49. The van der Waals surface area contributed by atoms with E-state index in [1.807, 2.05) is 0 Å². The second kappa shape index (κ2) is 7.24. The summed E-state index contributed by atoms with van der Waals surface area (Å²) in [6.07, 6.45) is 0.282.